The van der Waals surface area contributed by atoms with Gasteiger partial charge in [0.2, 0.25) is 0 Å². The van der Waals surface area contributed by atoms with Crippen LogP contribution < -0.4 is 10.6 Å². The third-order valence-corrected chi connectivity index (χ3v) is 10.7. The van der Waals surface area contributed by atoms with Crippen molar-refractivity contribution in [2.45, 2.75) is 117 Å². The highest BCUT2D eigenvalue weighted by atomic mass is 16.6. The summed E-state index contributed by atoms with van der Waals surface area (Å²) in [5.41, 5.74) is 3.13. The van der Waals surface area contributed by atoms with E-state index < -0.39 is 34.5 Å². The third-order valence-electron chi connectivity index (χ3n) is 10.7. The van der Waals surface area contributed by atoms with Crippen molar-refractivity contribution in [2.24, 2.45) is 10.8 Å². The first-order valence-corrected chi connectivity index (χ1v) is 17.6. The lowest BCUT2D eigenvalue weighted by Crippen LogP contribution is -2.51. The minimum atomic E-state index is -0.701. The Balaban J connectivity index is 1.16. The molecule has 2 aliphatic carbocycles. The first kappa shape index (κ1) is 35.2. The summed E-state index contributed by atoms with van der Waals surface area (Å²) in [5, 5.41) is 6.26. The fourth-order valence-corrected chi connectivity index (χ4v) is 6.51. The molecule has 2 heterocycles. The summed E-state index contributed by atoms with van der Waals surface area (Å²) in [6.07, 6.45) is 6.74. The number of aromatic nitrogens is 4. The van der Waals surface area contributed by atoms with Gasteiger partial charge in [0.05, 0.1) is 23.8 Å². The van der Waals surface area contributed by atoms with Gasteiger partial charge in [-0.25, -0.2) is 19.6 Å². The predicted molar refractivity (Wildman–Crippen MR) is 195 cm³/mol. The van der Waals surface area contributed by atoms with E-state index >= 15 is 0 Å². The van der Waals surface area contributed by atoms with E-state index in [1.165, 1.54) is 0 Å². The quantitative estimate of drug-likeness (QED) is 0.139. The molecule has 2 saturated carbocycles. The number of nitrogens with one attached hydrogen (secondary N) is 4. The van der Waals surface area contributed by atoms with Gasteiger partial charge in [-0.15, -0.1) is 0 Å². The number of nitrogens with zero attached hydrogens (tertiary/aromatic N) is 2. The van der Waals surface area contributed by atoms with E-state index in [9.17, 15) is 9.59 Å². The van der Waals surface area contributed by atoms with Crippen molar-refractivity contribution < 1.29 is 19.1 Å². The molecule has 4 N–H and O–H groups in total. The number of carbonyl (C=O) groups is 2. The molecule has 2 aliphatic rings. The van der Waals surface area contributed by atoms with E-state index in [4.69, 9.17) is 19.4 Å². The van der Waals surface area contributed by atoms with E-state index in [1.54, 1.807) is 0 Å². The number of carbonyl (C=O) groups excluding carboxylic acids is 2. The van der Waals surface area contributed by atoms with Gasteiger partial charge in [0, 0.05) is 0 Å². The molecule has 6 rings (SSSR count). The number of benzene rings is 2. The largest absolute Gasteiger partial charge is 0.444 e. The number of imidazole rings is 2. The molecule has 10 heteroatoms. The summed E-state index contributed by atoms with van der Waals surface area (Å²) >= 11 is 0. The van der Waals surface area contributed by atoms with Crippen LogP contribution in [-0.2, 0) is 20.6 Å². The average Bonchev–Trinajstić information content (AvgIpc) is 3.80. The summed E-state index contributed by atoms with van der Waals surface area (Å²) in [6, 6.07) is 16.7. The van der Waals surface area contributed by atoms with E-state index in [2.05, 4.69) is 83.0 Å². The Morgan fingerprint density at radius 1 is 0.580 bits per heavy atom. The van der Waals surface area contributed by atoms with E-state index in [1.807, 2.05) is 67.8 Å². The molecular weight excluding hydrogens is 628 g/mol. The Kier molecular flexibility index (Phi) is 8.47. The molecule has 1 unspecified atom stereocenters. The van der Waals surface area contributed by atoms with Crippen molar-refractivity contribution >= 4 is 12.2 Å². The molecule has 0 radical (unpaired) electrons. The number of H-pyrrole nitrogens is 2. The van der Waals surface area contributed by atoms with Crippen molar-refractivity contribution in [1.29, 1.82) is 0 Å². The van der Waals surface area contributed by atoms with E-state index in [0.717, 1.165) is 59.3 Å². The van der Waals surface area contributed by atoms with Gasteiger partial charge in [0.15, 0.2) is 0 Å². The smallest absolute Gasteiger partial charge is 0.408 e. The van der Waals surface area contributed by atoms with Gasteiger partial charge in [-0.1, -0.05) is 62.4 Å². The topological polar surface area (TPSA) is 134 Å². The zero-order valence-electron chi connectivity index (χ0n) is 31.1. The second-order valence-electron chi connectivity index (χ2n) is 17.1. The molecule has 266 valence electrons. The van der Waals surface area contributed by atoms with Crippen LogP contribution in [0.2, 0.25) is 0 Å². The summed E-state index contributed by atoms with van der Waals surface area (Å²) in [4.78, 5) is 42.1. The van der Waals surface area contributed by atoms with Crippen molar-refractivity contribution in [3.63, 3.8) is 0 Å². The molecular formula is C40H52N6O4. The number of rotatable bonds is 9. The monoisotopic (exact) mass is 680 g/mol. The highest BCUT2D eigenvalue weighted by Gasteiger charge is 2.58. The number of ether oxygens (including phenoxy) is 2. The van der Waals surface area contributed by atoms with Crippen molar-refractivity contribution in [3.8, 4) is 33.6 Å². The van der Waals surface area contributed by atoms with Crippen LogP contribution in [-0.4, -0.2) is 43.3 Å². The van der Waals surface area contributed by atoms with Crippen LogP contribution in [0.5, 0.6) is 0 Å². The zero-order valence-corrected chi connectivity index (χ0v) is 31.1. The van der Waals surface area contributed by atoms with Gasteiger partial charge in [-0.2, -0.15) is 0 Å². The maximum Gasteiger partial charge on any atom is 0.408 e. The second-order valence-corrected chi connectivity index (χ2v) is 17.1. The number of hydrogen-bond acceptors (Lipinski definition) is 6. The summed E-state index contributed by atoms with van der Waals surface area (Å²) < 4.78 is 11.2. The molecule has 2 aromatic heterocycles. The fourth-order valence-electron chi connectivity index (χ4n) is 6.51. The van der Waals surface area contributed by atoms with Crippen LogP contribution in [0.25, 0.3) is 33.6 Å². The maximum atomic E-state index is 12.8. The summed E-state index contributed by atoms with van der Waals surface area (Å²) in [7, 11) is 0. The number of hydrogen-bond donors (Lipinski definition) is 4. The summed E-state index contributed by atoms with van der Waals surface area (Å²) in [5.74, 6) is 1.43. The van der Waals surface area contributed by atoms with Crippen LogP contribution in [0.4, 0.5) is 9.59 Å². The number of amides is 2. The Hall–Kier alpha value is -4.60. The SMILES string of the molecule is CC(C)(C)OC(=O)NC(C)(c1ncc(-c2ccc(-c3ccc(-c4cnc([C@](C)(NC(=O)OC(C)(C)C)C5(C)CC5)[nH]4)cc3)cc2)[nH]1)C1(C)CC1. The maximum absolute atomic E-state index is 12.8. The molecule has 0 aliphatic heterocycles. The molecule has 0 bridgehead atoms. The van der Waals surface area contributed by atoms with Crippen molar-refractivity contribution in [1.82, 2.24) is 30.6 Å². The normalized spacial score (nSPS) is 18.7. The van der Waals surface area contributed by atoms with Crippen molar-refractivity contribution in [2.75, 3.05) is 0 Å². The van der Waals surface area contributed by atoms with Gasteiger partial charge in [-0.05, 0) is 114 Å². The Bertz CT molecular complexity index is 1730. The third kappa shape index (κ3) is 7.02. The fraction of sp³-hybridized carbons (Fsp3) is 0.500. The number of alkyl carbamates (subject to hydrolysis) is 2. The number of aromatic amines is 2. The average molecular weight is 681 g/mol. The molecule has 0 spiro atoms. The van der Waals surface area contributed by atoms with Crippen LogP contribution in [0, 0.1) is 10.8 Å². The zero-order chi connectivity index (χ0) is 36.3. The molecule has 10 nitrogen and oxygen atoms in total. The molecule has 2 aromatic carbocycles. The first-order valence-electron chi connectivity index (χ1n) is 17.6. The first-order chi connectivity index (χ1) is 23.2. The van der Waals surface area contributed by atoms with Gasteiger partial charge in [-0.3, -0.25) is 0 Å². The highest BCUT2D eigenvalue weighted by molar-refractivity contribution is 5.73. The molecule has 0 saturated heterocycles. The van der Waals surface area contributed by atoms with Crippen molar-refractivity contribution in [3.05, 3.63) is 72.6 Å². The lowest BCUT2D eigenvalue weighted by Gasteiger charge is -2.36. The van der Waals surface area contributed by atoms with Crippen LogP contribution in [0.15, 0.2) is 60.9 Å². The lowest BCUT2D eigenvalue weighted by atomic mass is 9.83. The molecule has 2 atom stereocenters. The van der Waals surface area contributed by atoms with Gasteiger partial charge >= 0.3 is 12.2 Å². The Morgan fingerprint density at radius 2 is 0.880 bits per heavy atom. The van der Waals surface area contributed by atoms with Crippen LogP contribution in [0.3, 0.4) is 0 Å². The predicted octanol–water partition coefficient (Wildman–Crippen LogP) is 9.21. The van der Waals surface area contributed by atoms with Gasteiger partial charge < -0.3 is 30.1 Å². The minimum absolute atomic E-state index is 0.112. The minimum Gasteiger partial charge on any atom is -0.444 e. The molecule has 2 amide bonds. The molecule has 4 aromatic rings. The summed E-state index contributed by atoms with van der Waals surface area (Å²) in [6.45, 7) is 19.6. The Labute approximate surface area is 295 Å². The lowest BCUT2D eigenvalue weighted by molar-refractivity contribution is 0.0389. The van der Waals surface area contributed by atoms with E-state index in [-0.39, 0.29) is 10.8 Å². The van der Waals surface area contributed by atoms with E-state index in [0.29, 0.717) is 11.6 Å². The highest BCUT2D eigenvalue weighted by Crippen LogP contribution is 2.58. The van der Waals surface area contributed by atoms with Gasteiger partial charge in [0.1, 0.15) is 33.9 Å². The van der Waals surface area contributed by atoms with Crippen LogP contribution in [0.1, 0.15) is 107 Å². The van der Waals surface area contributed by atoms with Gasteiger partial charge in [0.25, 0.3) is 0 Å². The van der Waals surface area contributed by atoms with Crippen LogP contribution >= 0.6 is 0 Å². The molecule has 50 heavy (non-hydrogen) atoms. The Morgan fingerprint density at radius 3 is 1.16 bits per heavy atom. The molecule has 2 fully saturated rings. The second kappa shape index (κ2) is 12.0. The standard InChI is InChI=1S/C40H52N6O4/c1-35(2,3)49-33(47)45-39(9,37(7)19-20-37)31-41-23-29(43-31)27-15-11-25(12-16-27)26-13-17-28(18-14-26)30-24-42-32(44-30)40(10,38(8)21-22-38)46-34(48)50-36(4,5)6/h11-18,23-24H,19-22H2,1-10H3,(H,41,43)(H,42,44)(H,45,47)(H,46,48)/t39-,40?/m0/s1.